The van der Waals surface area contributed by atoms with E-state index in [1.807, 2.05) is 0 Å². The van der Waals surface area contributed by atoms with Gasteiger partial charge in [0.1, 0.15) is 0 Å². The Morgan fingerprint density at radius 1 is 1.58 bits per heavy atom. The van der Waals surface area contributed by atoms with E-state index in [0.29, 0.717) is 5.92 Å². The smallest absolute Gasteiger partial charge is 0.223 e. The molecule has 0 aromatic heterocycles. The van der Waals surface area contributed by atoms with Crippen molar-refractivity contribution < 1.29 is 4.79 Å². The molecule has 2 nitrogen and oxygen atoms in total. The number of hydrogen-bond donors (Lipinski definition) is 1. The first kappa shape index (κ1) is 9.56. The monoisotopic (exact) mass is 169 g/mol. The number of nitrogens with one attached hydrogen (secondary N) is 1. The van der Waals surface area contributed by atoms with Crippen LogP contribution in [0.3, 0.4) is 0 Å². The summed E-state index contributed by atoms with van der Waals surface area (Å²) in [6.45, 7) is 9.32. The van der Waals surface area contributed by atoms with Crippen LogP contribution in [0.5, 0.6) is 0 Å². The van der Waals surface area contributed by atoms with E-state index in [1.54, 1.807) is 0 Å². The molecule has 0 aromatic rings. The van der Waals surface area contributed by atoms with Crippen molar-refractivity contribution in [2.75, 3.05) is 6.54 Å². The molecule has 0 heterocycles. The van der Waals surface area contributed by atoms with Crippen molar-refractivity contribution in [2.45, 2.75) is 34.1 Å². The van der Waals surface area contributed by atoms with Crippen LogP contribution in [0.2, 0.25) is 0 Å². The molecule has 12 heavy (non-hydrogen) atoms. The third kappa shape index (κ3) is 2.23. The quantitative estimate of drug-likeness (QED) is 0.686. The van der Waals surface area contributed by atoms with Crippen molar-refractivity contribution >= 4 is 5.91 Å². The van der Waals surface area contributed by atoms with Crippen LogP contribution in [0.25, 0.3) is 0 Å². The lowest BCUT2D eigenvalue weighted by Crippen LogP contribution is -2.29. The molecule has 0 bridgehead atoms. The maximum atomic E-state index is 11.4. The third-order valence-electron chi connectivity index (χ3n) is 2.51. The highest BCUT2D eigenvalue weighted by Crippen LogP contribution is 2.51. The largest absolute Gasteiger partial charge is 0.356 e. The Morgan fingerprint density at radius 3 is 2.42 bits per heavy atom. The Kier molecular flexibility index (Phi) is 2.45. The van der Waals surface area contributed by atoms with Crippen molar-refractivity contribution in [3.8, 4) is 0 Å². The maximum Gasteiger partial charge on any atom is 0.223 e. The Bertz CT molecular complexity index is 184. The molecule has 0 spiro atoms. The van der Waals surface area contributed by atoms with Gasteiger partial charge >= 0.3 is 0 Å². The van der Waals surface area contributed by atoms with Crippen molar-refractivity contribution in [1.82, 2.24) is 5.32 Å². The van der Waals surface area contributed by atoms with E-state index in [9.17, 15) is 4.79 Å². The molecule has 1 fully saturated rings. The Hall–Kier alpha value is -0.530. The molecule has 1 amide bonds. The zero-order chi connectivity index (χ0) is 9.35. The van der Waals surface area contributed by atoms with Crippen LogP contribution in [0.15, 0.2) is 0 Å². The molecule has 1 atom stereocenters. The number of carbonyl (C=O) groups is 1. The lowest BCUT2D eigenvalue weighted by molar-refractivity contribution is -0.123. The molecule has 0 saturated heterocycles. The first-order valence-electron chi connectivity index (χ1n) is 4.71. The van der Waals surface area contributed by atoms with Gasteiger partial charge in [0.05, 0.1) is 0 Å². The summed E-state index contributed by atoms with van der Waals surface area (Å²) >= 11 is 0. The molecular weight excluding hydrogens is 150 g/mol. The van der Waals surface area contributed by atoms with Crippen LogP contribution in [-0.2, 0) is 4.79 Å². The Morgan fingerprint density at radius 2 is 2.08 bits per heavy atom. The minimum atomic E-state index is 0.244. The van der Waals surface area contributed by atoms with Crippen LogP contribution in [0.1, 0.15) is 34.1 Å². The van der Waals surface area contributed by atoms with E-state index in [-0.39, 0.29) is 17.2 Å². The molecule has 1 aliphatic carbocycles. The van der Waals surface area contributed by atoms with Gasteiger partial charge in [-0.2, -0.15) is 0 Å². The molecule has 1 unspecified atom stereocenters. The molecule has 70 valence electrons. The minimum Gasteiger partial charge on any atom is -0.356 e. The lowest BCUT2D eigenvalue weighted by atomic mass is 10.1. The fourth-order valence-corrected chi connectivity index (χ4v) is 1.34. The molecule has 2 heteroatoms. The van der Waals surface area contributed by atoms with Gasteiger partial charge in [-0.15, -0.1) is 0 Å². The van der Waals surface area contributed by atoms with Gasteiger partial charge in [0.15, 0.2) is 0 Å². The van der Waals surface area contributed by atoms with Gasteiger partial charge in [0, 0.05) is 12.5 Å². The van der Waals surface area contributed by atoms with Crippen molar-refractivity contribution in [2.24, 2.45) is 17.3 Å². The van der Waals surface area contributed by atoms with E-state index in [2.05, 4.69) is 33.0 Å². The van der Waals surface area contributed by atoms with Crippen molar-refractivity contribution in [1.29, 1.82) is 0 Å². The van der Waals surface area contributed by atoms with Crippen LogP contribution < -0.4 is 5.32 Å². The number of hydrogen-bond acceptors (Lipinski definition) is 1. The number of amides is 1. The summed E-state index contributed by atoms with van der Waals surface area (Å²) in [5.74, 6) is 1.07. The van der Waals surface area contributed by atoms with E-state index in [0.717, 1.165) is 13.0 Å². The van der Waals surface area contributed by atoms with E-state index in [4.69, 9.17) is 0 Å². The van der Waals surface area contributed by atoms with Crippen LogP contribution >= 0.6 is 0 Å². The van der Waals surface area contributed by atoms with Gasteiger partial charge in [-0.25, -0.2) is 0 Å². The van der Waals surface area contributed by atoms with Gasteiger partial charge < -0.3 is 5.32 Å². The summed E-state index contributed by atoms with van der Waals surface area (Å²) in [4.78, 5) is 11.4. The fourth-order valence-electron chi connectivity index (χ4n) is 1.34. The molecule has 1 N–H and O–H groups in total. The zero-order valence-electron chi connectivity index (χ0n) is 8.48. The summed E-state index contributed by atoms with van der Waals surface area (Å²) in [7, 11) is 0. The molecule has 0 aliphatic heterocycles. The van der Waals surface area contributed by atoms with Gasteiger partial charge in [0.25, 0.3) is 0 Å². The third-order valence-corrected chi connectivity index (χ3v) is 2.51. The number of carbonyl (C=O) groups excluding carboxylic acids is 1. The van der Waals surface area contributed by atoms with Gasteiger partial charge in [-0.3, -0.25) is 4.79 Å². The van der Waals surface area contributed by atoms with Crippen LogP contribution in [0, 0.1) is 17.3 Å². The standard InChI is InChI=1S/C10H19NO/c1-7(2)6-11-9(12)8-5-10(8,3)4/h7-8H,5-6H2,1-4H3,(H,11,12). The SMILES string of the molecule is CC(C)CNC(=O)C1CC1(C)C. The van der Waals surface area contributed by atoms with Crippen LogP contribution in [-0.4, -0.2) is 12.5 Å². The minimum absolute atomic E-state index is 0.244. The lowest BCUT2D eigenvalue weighted by Gasteiger charge is -2.08. The highest BCUT2D eigenvalue weighted by Gasteiger charge is 2.50. The Balaban J connectivity index is 2.23. The summed E-state index contributed by atoms with van der Waals surface area (Å²) < 4.78 is 0. The average molecular weight is 169 g/mol. The predicted octanol–water partition coefficient (Wildman–Crippen LogP) is 1.80. The molecule has 1 aliphatic rings. The highest BCUT2D eigenvalue weighted by atomic mass is 16.2. The van der Waals surface area contributed by atoms with E-state index >= 15 is 0 Å². The normalized spacial score (nSPS) is 25.6. The maximum absolute atomic E-state index is 11.4. The molecule has 1 saturated carbocycles. The molecular formula is C10H19NO. The summed E-state index contributed by atoms with van der Waals surface area (Å²) in [5.41, 5.74) is 0.265. The summed E-state index contributed by atoms with van der Waals surface area (Å²) in [6.07, 6.45) is 1.05. The second kappa shape index (κ2) is 3.08. The average Bonchev–Trinajstić information content (AvgIpc) is 2.55. The first-order valence-corrected chi connectivity index (χ1v) is 4.71. The second-order valence-electron chi connectivity index (χ2n) is 4.88. The predicted molar refractivity (Wildman–Crippen MR) is 49.7 cm³/mol. The summed E-state index contributed by atoms with van der Waals surface area (Å²) in [6, 6.07) is 0. The van der Waals surface area contributed by atoms with Crippen LogP contribution in [0.4, 0.5) is 0 Å². The topological polar surface area (TPSA) is 29.1 Å². The first-order chi connectivity index (χ1) is 5.43. The van der Waals surface area contributed by atoms with Gasteiger partial charge in [-0.1, -0.05) is 27.7 Å². The molecule has 0 radical (unpaired) electrons. The molecule has 0 aromatic carbocycles. The Labute approximate surface area is 74.7 Å². The van der Waals surface area contributed by atoms with Gasteiger partial charge in [0.2, 0.25) is 5.91 Å². The number of rotatable bonds is 3. The fraction of sp³-hybridized carbons (Fsp3) is 0.900. The van der Waals surface area contributed by atoms with Gasteiger partial charge in [-0.05, 0) is 17.8 Å². The second-order valence-corrected chi connectivity index (χ2v) is 4.88. The highest BCUT2D eigenvalue weighted by molar-refractivity contribution is 5.82. The molecule has 1 rings (SSSR count). The zero-order valence-corrected chi connectivity index (χ0v) is 8.48. The summed E-state index contributed by atoms with van der Waals surface area (Å²) in [5, 5.41) is 2.96. The van der Waals surface area contributed by atoms with E-state index in [1.165, 1.54) is 0 Å². The van der Waals surface area contributed by atoms with Crippen molar-refractivity contribution in [3.05, 3.63) is 0 Å². The van der Waals surface area contributed by atoms with Crippen molar-refractivity contribution in [3.63, 3.8) is 0 Å². The van der Waals surface area contributed by atoms with E-state index < -0.39 is 0 Å².